The van der Waals surface area contributed by atoms with Crippen molar-refractivity contribution in [2.75, 3.05) is 6.79 Å². The van der Waals surface area contributed by atoms with Crippen LogP contribution in [0.15, 0.2) is 48.7 Å². The van der Waals surface area contributed by atoms with Gasteiger partial charge >= 0.3 is 0 Å². The van der Waals surface area contributed by atoms with Crippen LogP contribution >= 0.6 is 0 Å². The molecule has 1 saturated carbocycles. The van der Waals surface area contributed by atoms with E-state index in [0.29, 0.717) is 17.9 Å². The first-order valence-corrected chi connectivity index (χ1v) is 8.69. The molecule has 0 saturated heterocycles. The molecule has 1 aliphatic heterocycles. The zero-order chi connectivity index (χ0) is 17.5. The molecule has 1 amide bonds. The van der Waals surface area contributed by atoms with Crippen LogP contribution in [-0.4, -0.2) is 33.6 Å². The summed E-state index contributed by atoms with van der Waals surface area (Å²) >= 11 is 0. The Hall–Kier alpha value is -3.15. The second-order valence-electron chi connectivity index (χ2n) is 6.60. The van der Waals surface area contributed by atoms with Crippen LogP contribution in [0.5, 0.6) is 11.5 Å². The molecule has 0 bridgehead atoms. The van der Waals surface area contributed by atoms with Crippen molar-refractivity contribution in [1.29, 1.82) is 0 Å². The summed E-state index contributed by atoms with van der Waals surface area (Å²) in [5, 5.41) is 0.929. The molecule has 6 nitrogen and oxygen atoms in total. The van der Waals surface area contributed by atoms with Crippen LogP contribution in [0.25, 0.3) is 11.0 Å². The Kier molecular flexibility index (Phi) is 3.48. The van der Waals surface area contributed by atoms with Crippen LogP contribution < -0.4 is 9.47 Å². The summed E-state index contributed by atoms with van der Waals surface area (Å²) in [5.41, 5.74) is 2.05. The summed E-state index contributed by atoms with van der Waals surface area (Å²) in [7, 11) is 0. The fourth-order valence-corrected chi connectivity index (χ4v) is 3.21. The van der Waals surface area contributed by atoms with E-state index in [1.165, 1.54) is 0 Å². The van der Waals surface area contributed by atoms with E-state index in [1.54, 1.807) is 12.3 Å². The molecule has 26 heavy (non-hydrogen) atoms. The largest absolute Gasteiger partial charge is 0.454 e. The van der Waals surface area contributed by atoms with E-state index >= 15 is 0 Å². The predicted molar refractivity (Wildman–Crippen MR) is 95.0 cm³/mol. The lowest BCUT2D eigenvalue weighted by atomic mass is 10.1. The van der Waals surface area contributed by atoms with Crippen LogP contribution in [0.4, 0.5) is 0 Å². The van der Waals surface area contributed by atoms with Gasteiger partial charge in [0.25, 0.3) is 5.91 Å². The zero-order valence-electron chi connectivity index (χ0n) is 14.1. The van der Waals surface area contributed by atoms with Gasteiger partial charge in [0.05, 0.1) is 0 Å². The molecule has 130 valence electrons. The number of carbonyl (C=O) groups is 1. The van der Waals surface area contributed by atoms with Crippen molar-refractivity contribution in [3.8, 4) is 11.5 Å². The molecule has 0 radical (unpaired) electrons. The van der Waals surface area contributed by atoms with Crippen molar-refractivity contribution in [2.24, 2.45) is 0 Å². The minimum Gasteiger partial charge on any atom is -0.454 e. The predicted octanol–water partition coefficient (Wildman–Crippen LogP) is 3.16. The first-order chi connectivity index (χ1) is 12.8. The van der Waals surface area contributed by atoms with Gasteiger partial charge in [-0.1, -0.05) is 6.07 Å². The molecule has 6 heteroatoms. The average Bonchev–Trinajstić information content (AvgIpc) is 3.42. The van der Waals surface area contributed by atoms with E-state index in [0.717, 1.165) is 35.3 Å². The van der Waals surface area contributed by atoms with Crippen molar-refractivity contribution >= 4 is 16.9 Å². The average molecular weight is 347 g/mol. The van der Waals surface area contributed by atoms with Gasteiger partial charge < -0.3 is 14.4 Å². The molecule has 1 fully saturated rings. The van der Waals surface area contributed by atoms with Gasteiger partial charge in [0.2, 0.25) is 6.79 Å². The highest BCUT2D eigenvalue weighted by atomic mass is 16.7. The molecule has 2 aromatic heterocycles. The molecule has 2 aliphatic rings. The van der Waals surface area contributed by atoms with Gasteiger partial charge in [-0.15, -0.1) is 0 Å². The maximum Gasteiger partial charge on any atom is 0.273 e. The van der Waals surface area contributed by atoms with Gasteiger partial charge in [0.15, 0.2) is 17.1 Å². The molecule has 0 N–H and O–H groups in total. The Labute approximate surface area is 150 Å². The molecule has 0 atom stereocenters. The first kappa shape index (κ1) is 15.1. The number of rotatable bonds is 4. The number of hydrogen-bond donors (Lipinski definition) is 0. The maximum atomic E-state index is 13.1. The van der Waals surface area contributed by atoms with E-state index in [2.05, 4.69) is 9.97 Å². The van der Waals surface area contributed by atoms with E-state index in [4.69, 9.17) is 9.47 Å². The lowest BCUT2D eigenvalue weighted by Crippen LogP contribution is -2.33. The minimum absolute atomic E-state index is 0.0577. The van der Waals surface area contributed by atoms with Crippen molar-refractivity contribution in [1.82, 2.24) is 14.9 Å². The van der Waals surface area contributed by atoms with Crippen LogP contribution in [-0.2, 0) is 6.54 Å². The number of pyridine rings is 2. The second kappa shape index (κ2) is 5.98. The van der Waals surface area contributed by atoms with Gasteiger partial charge in [0.1, 0.15) is 5.69 Å². The van der Waals surface area contributed by atoms with Crippen molar-refractivity contribution in [3.63, 3.8) is 0 Å². The van der Waals surface area contributed by atoms with Crippen molar-refractivity contribution in [2.45, 2.75) is 25.4 Å². The Morgan fingerprint density at radius 1 is 1.12 bits per heavy atom. The zero-order valence-corrected chi connectivity index (χ0v) is 14.1. The molecule has 0 unspecified atom stereocenters. The fraction of sp³-hybridized carbons (Fsp3) is 0.250. The standard InChI is InChI=1S/C20H17N3O3/c24-20(16-7-4-14-2-1-9-21-19(14)22-16)23(15-5-6-15)11-13-3-8-17-18(10-13)26-12-25-17/h1-4,7-10,15H,5-6,11-12H2. The molecule has 1 aliphatic carbocycles. The monoisotopic (exact) mass is 347 g/mol. The quantitative estimate of drug-likeness (QED) is 0.725. The van der Waals surface area contributed by atoms with Crippen molar-refractivity contribution < 1.29 is 14.3 Å². The summed E-state index contributed by atoms with van der Waals surface area (Å²) in [5.74, 6) is 1.43. The molecule has 3 heterocycles. The number of hydrogen-bond acceptors (Lipinski definition) is 5. The van der Waals surface area contributed by atoms with Gasteiger partial charge in [-0.3, -0.25) is 4.79 Å². The number of aromatic nitrogens is 2. The summed E-state index contributed by atoms with van der Waals surface area (Å²) < 4.78 is 10.8. The highest BCUT2D eigenvalue weighted by molar-refractivity contribution is 5.94. The third kappa shape index (κ3) is 2.73. The Bertz CT molecular complexity index is 1000. The third-order valence-corrected chi connectivity index (χ3v) is 4.72. The second-order valence-corrected chi connectivity index (χ2v) is 6.60. The number of fused-ring (bicyclic) bond motifs is 2. The fourth-order valence-electron chi connectivity index (χ4n) is 3.21. The third-order valence-electron chi connectivity index (χ3n) is 4.72. The normalized spacial score (nSPS) is 15.2. The van der Waals surface area contributed by atoms with Gasteiger partial charge in [-0.25, -0.2) is 9.97 Å². The number of benzene rings is 1. The molecular formula is C20H17N3O3. The highest BCUT2D eigenvalue weighted by Crippen LogP contribution is 2.35. The summed E-state index contributed by atoms with van der Waals surface area (Å²) in [6.07, 6.45) is 3.75. The lowest BCUT2D eigenvalue weighted by Gasteiger charge is -2.22. The molecule has 1 aromatic carbocycles. The van der Waals surface area contributed by atoms with Crippen LogP contribution in [0, 0.1) is 0 Å². The molecule has 0 spiro atoms. The smallest absolute Gasteiger partial charge is 0.273 e. The van der Waals surface area contributed by atoms with Crippen LogP contribution in [0.1, 0.15) is 28.9 Å². The SMILES string of the molecule is O=C(c1ccc2cccnc2n1)N(Cc1ccc2c(c1)OCO2)C1CC1. The topological polar surface area (TPSA) is 64.6 Å². The van der Waals surface area contributed by atoms with E-state index in [1.807, 2.05) is 41.3 Å². The Morgan fingerprint density at radius 2 is 2.00 bits per heavy atom. The minimum atomic E-state index is -0.0577. The maximum absolute atomic E-state index is 13.1. The Balaban J connectivity index is 1.43. The van der Waals surface area contributed by atoms with E-state index in [9.17, 15) is 4.79 Å². The summed E-state index contributed by atoms with van der Waals surface area (Å²) in [4.78, 5) is 23.7. The summed E-state index contributed by atoms with van der Waals surface area (Å²) in [6, 6.07) is 13.6. The van der Waals surface area contributed by atoms with Crippen LogP contribution in [0.2, 0.25) is 0 Å². The van der Waals surface area contributed by atoms with Gasteiger partial charge in [-0.05, 0) is 54.8 Å². The van der Waals surface area contributed by atoms with Gasteiger partial charge in [0, 0.05) is 24.2 Å². The van der Waals surface area contributed by atoms with E-state index in [-0.39, 0.29) is 18.7 Å². The number of nitrogens with zero attached hydrogens (tertiary/aromatic N) is 3. The van der Waals surface area contributed by atoms with Gasteiger partial charge in [-0.2, -0.15) is 0 Å². The first-order valence-electron chi connectivity index (χ1n) is 8.69. The molecule has 3 aromatic rings. The highest BCUT2D eigenvalue weighted by Gasteiger charge is 2.34. The Morgan fingerprint density at radius 3 is 2.88 bits per heavy atom. The summed E-state index contributed by atoms with van der Waals surface area (Å²) in [6.45, 7) is 0.778. The molecule has 5 rings (SSSR count). The van der Waals surface area contributed by atoms with Crippen LogP contribution in [0.3, 0.4) is 0 Å². The lowest BCUT2D eigenvalue weighted by molar-refractivity contribution is 0.0724. The van der Waals surface area contributed by atoms with Crippen molar-refractivity contribution in [3.05, 3.63) is 59.9 Å². The number of amides is 1. The number of ether oxygens (including phenoxy) is 2. The number of carbonyl (C=O) groups excluding carboxylic acids is 1. The molecular weight excluding hydrogens is 330 g/mol. The van der Waals surface area contributed by atoms with E-state index < -0.39 is 0 Å².